The van der Waals surface area contributed by atoms with E-state index in [0.29, 0.717) is 12.0 Å². The maximum atomic E-state index is 14.4. The minimum absolute atomic E-state index is 0.0489. The average molecular weight is 293 g/mol. The van der Waals surface area contributed by atoms with Crippen molar-refractivity contribution in [2.24, 2.45) is 0 Å². The number of carbonyl (C=O) groups is 1. The molecule has 0 amide bonds. The van der Waals surface area contributed by atoms with E-state index in [2.05, 4.69) is 0 Å². The maximum absolute atomic E-state index is 14.4. The SMILES string of the molecule is CCCc1ccc(Cl)c(C(=O)c2ccc(O)cc2)c1F. The molecule has 0 bridgehead atoms. The van der Waals surface area contributed by atoms with Crippen LogP contribution in [0.15, 0.2) is 36.4 Å². The van der Waals surface area contributed by atoms with E-state index < -0.39 is 11.6 Å². The molecule has 104 valence electrons. The minimum Gasteiger partial charge on any atom is -0.508 e. The molecule has 0 saturated heterocycles. The molecule has 20 heavy (non-hydrogen) atoms. The lowest BCUT2D eigenvalue weighted by Gasteiger charge is -2.09. The highest BCUT2D eigenvalue weighted by molar-refractivity contribution is 6.35. The van der Waals surface area contributed by atoms with E-state index in [1.54, 1.807) is 12.1 Å². The zero-order chi connectivity index (χ0) is 14.7. The number of carbonyl (C=O) groups excluding carboxylic acids is 1. The van der Waals surface area contributed by atoms with Crippen molar-refractivity contribution >= 4 is 17.4 Å². The van der Waals surface area contributed by atoms with Crippen molar-refractivity contribution in [1.29, 1.82) is 0 Å². The molecular weight excluding hydrogens is 279 g/mol. The molecule has 2 rings (SSSR count). The topological polar surface area (TPSA) is 37.3 Å². The Balaban J connectivity index is 2.48. The number of phenols is 1. The fourth-order valence-corrected chi connectivity index (χ4v) is 2.26. The molecule has 2 aromatic rings. The Kier molecular flexibility index (Phi) is 4.40. The summed E-state index contributed by atoms with van der Waals surface area (Å²) in [4.78, 5) is 12.3. The fourth-order valence-electron chi connectivity index (χ4n) is 2.02. The van der Waals surface area contributed by atoms with Gasteiger partial charge in [-0.1, -0.05) is 31.0 Å². The molecule has 0 saturated carbocycles. The van der Waals surface area contributed by atoms with E-state index in [1.165, 1.54) is 24.3 Å². The van der Waals surface area contributed by atoms with Gasteiger partial charge in [-0.05, 0) is 42.3 Å². The zero-order valence-electron chi connectivity index (χ0n) is 11.0. The van der Waals surface area contributed by atoms with Gasteiger partial charge < -0.3 is 5.11 Å². The maximum Gasteiger partial charge on any atom is 0.197 e. The van der Waals surface area contributed by atoms with Gasteiger partial charge in [0.2, 0.25) is 0 Å². The molecule has 0 radical (unpaired) electrons. The largest absolute Gasteiger partial charge is 0.508 e. The monoisotopic (exact) mass is 292 g/mol. The molecule has 1 N–H and O–H groups in total. The Hall–Kier alpha value is -1.87. The Labute approximate surface area is 121 Å². The van der Waals surface area contributed by atoms with Crippen LogP contribution in [0.5, 0.6) is 5.75 Å². The van der Waals surface area contributed by atoms with Gasteiger partial charge in [0.1, 0.15) is 11.6 Å². The van der Waals surface area contributed by atoms with Crippen molar-refractivity contribution in [3.8, 4) is 5.75 Å². The summed E-state index contributed by atoms with van der Waals surface area (Å²) in [6.45, 7) is 1.94. The van der Waals surface area contributed by atoms with Crippen LogP contribution in [0.4, 0.5) is 4.39 Å². The zero-order valence-corrected chi connectivity index (χ0v) is 11.7. The number of aryl methyl sites for hydroxylation is 1. The summed E-state index contributed by atoms with van der Waals surface area (Å²) in [5.41, 5.74) is 0.666. The highest BCUT2D eigenvalue weighted by Gasteiger charge is 2.20. The third kappa shape index (κ3) is 2.83. The first-order valence-electron chi connectivity index (χ1n) is 6.35. The highest BCUT2D eigenvalue weighted by atomic mass is 35.5. The Bertz CT molecular complexity index is 636. The second-order valence-electron chi connectivity index (χ2n) is 4.52. The van der Waals surface area contributed by atoms with Crippen LogP contribution in [0.1, 0.15) is 34.8 Å². The van der Waals surface area contributed by atoms with E-state index in [-0.39, 0.29) is 21.9 Å². The van der Waals surface area contributed by atoms with E-state index >= 15 is 0 Å². The summed E-state index contributed by atoms with van der Waals surface area (Å²) in [7, 11) is 0. The lowest BCUT2D eigenvalue weighted by molar-refractivity contribution is 0.103. The second-order valence-corrected chi connectivity index (χ2v) is 4.93. The van der Waals surface area contributed by atoms with Crippen molar-refractivity contribution < 1.29 is 14.3 Å². The van der Waals surface area contributed by atoms with Crippen molar-refractivity contribution in [3.63, 3.8) is 0 Å². The number of aromatic hydroxyl groups is 1. The first-order chi connectivity index (χ1) is 9.54. The minimum atomic E-state index is -0.558. The van der Waals surface area contributed by atoms with Gasteiger partial charge in [-0.3, -0.25) is 4.79 Å². The number of halogens is 2. The molecule has 0 unspecified atom stereocenters. The van der Waals surface area contributed by atoms with E-state index in [4.69, 9.17) is 11.6 Å². The van der Waals surface area contributed by atoms with Crippen molar-refractivity contribution in [3.05, 3.63) is 63.9 Å². The van der Waals surface area contributed by atoms with Crippen LogP contribution in [-0.4, -0.2) is 10.9 Å². The molecule has 0 aromatic heterocycles. The molecule has 4 heteroatoms. The third-order valence-corrected chi connectivity index (χ3v) is 3.36. The van der Waals surface area contributed by atoms with Crippen LogP contribution < -0.4 is 0 Å². The van der Waals surface area contributed by atoms with Crippen LogP contribution in [0.25, 0.3) is 0 Å². The predicted octanol–water partition coefficient (Wildman–Crippen LogP) is 4.37. The number of benzene rings is 2. The summed E-state index contributed by atoms with van der Waals surface area (Å²) >= 11 is 5.97. The Morgan fingerprint density at radius 2 is 1.85 bits per heavy atom. The number of rotatable bonds is 4. The normalized spacial score (nSPS) is 10.6. The van der Waals surface area contributed by atoms with Crippen molar-refractivity contribution in [2.75, 3.05) is 0 Å². The van der Waals surface area contributed by atoms with Gasteiger partial charge in [0.15, 0.2) is 5.78 Å². The van der Waals surface area contributed by atoms with Gasteiger partial charge >= 0.3 is 0 Å². The quantitative estimate of drug-likeness (QED) is 0.850. The standard InChI is InChI=1S/C16H14ClFO2/c1-2-3-10-6-9-13(17)14(15(10)18)16(20)11-4-7-12(19)8-5-11/h4-9,19H,2-3H2,1H3. The molecule has 0 aliphatic rings. The van der Waals surface area contributed by atoms with Gasteiger partial charge in [0.05, 0.1) is 10.6 Å². The summed E-state index contributed by atoms with van der Waals surface area (Å²) < 4.78 is 14.4. The summed E-state index contributed by atoms with van der Waals surface area (Å²) in [6, 6.07) is 8.81. The molecule has 0 atom stereocenters. The van der Waals surface area contributed by atoms with E-state index in [0.717, 1.165) is 6.42 Å². The van der Waals surface area contributed by atoms with Crippen LogP contribution >= 0.6 is 11.6 Å². The van der Waals surface area contributed by atoms with Gasteiger partial charge in [-0.25, -0.2) is 4.39 Å². The van der Waals surface area contributed by atoms with Gasteiger partial charge in [-0.2, -0.15) is 0 Å². The van der Waals surface area contributed by atoms with E-state index in [1.807, 2.05) is 6.92 Å². The predicted molar refractivity (Wildman–Crippen MR) is 76.9 cm³/mol. The van der Waals surface area contributed by atoms with Gasteiger partial charge in [-0.15, -0.1) is 0 Å². The van der Waals surface area contributed by atoms with Crippen LogP contribution in [0, 0.1) is 5.82 Å². The molecule has 2 aromatic carbocycles. The van der Waals surface area contributed by atoms with Crippen molar-refractivity contribution in [2.45, 2.75) is 19.8 Å². The number of ketones is 1. The van der Waals surface area contributed by atoms with Gasteiger partial charge in [0, 0.05) is 5.56 Å². The third-order valence-electron chi connectivity index (χ3n) is 3.05. The molecule has 0 aliphatic heterocycles. The fraction of sp³-hybridized carbons (Fsp3) is 0.188. The molecule has 0 spiro atoms. The summed E-state index contributed by atoms with van der Waals surface area (Å²) in [6.07, 6.45) is 1.34. The number of phenolic OH excluding ortho intramolecular Hbond substituents is 1. The number of hydrogen-bond donors (Lipinski definition) is 1. The highest BCUT2D eigenvalue weighted by Crippen LogP contribution is 2.26. The molecule has 0 fully saturated rings. The molecule has 2 nitrogen and oxygen atoms in total. The van der Waals surface area contributed by atoms with Crippen LogP contribution in [0.3, 0.4) is 0 Å². The molecule has 0 aliphatic carbocycles. The smallest absolute Gasteiger partial charge is 0.197 e. The lowest BCUT2D eigenvalue weighted by Crippen LogP contribution is -2.07. The lowest BCUT2D eigenvalue weighted by atomic mass is 9.98. The van der Waals surface area contributed by atoms with E-state index in [9.17, 15) is 14.3 Å². The van der Waals surface area contributed by atoms with Crippen LogP contribution in [0.2, 0.25) is 5.02 Å². The Morgan fingerprint density at radius 3 is 2.45 bits per heavy atom. The Morgan fingerprint density at radius 1 is 1.20 bits per heavy atom. The second kappa shape index (κ2) is 6.06. The molecule has 0 heterocycles. The number of hydrogen-bond acceptors (Lipinski definition) is 2. The average Bonchev–Trinajstić information content (AvgIpc) is 2.43. The summed E-state index contributed by atoms with van der Waals surface area (Å²) in [5, 5.41) is 9.32. The molecular formula is C16H14ClFO2. The summed E-state index contributed by atoms with van der Waals surface area (Å²) in [5.74, 6) is -0.990. The first-order valence-corrected chi connectivity index (χ1v) is 6.73. The van der Waals surface area contributed by atoms with Crippen LogP contribution in [-0.2, 0) is 6.42 Å². The first kappa shape index (κ1) is 14.5. The van der Waals surface area contributed by atoms with Gasteiger partial charge in [0.25, 0.3) is 0 Å². The van der Waals surface area contributed by atoms with Crippen molar-refractivity contribution in [1.82, 2.24) is 0 Å².